The van der Waals surface area contributed by atoms with Crippen LogP contribution < -0.4 is 0 Å². The smallest absolute Gasteiger partial charge is 0.0347 e. The zero-order valence-corrected chi connectivity index (χ0v) is 29.3. The Kier molecular flexibility index (Phi) is 8.77. The molecular weight excluding hydrogens is 591 g/mol. The van der Waals surface area contributed by atoms with Gasteiger partial charge in [-0.15, -0.1) is 0 Å². The quantitative estimate of drug-likeness (QED) is 0.184. The van der Waals surface area contributed by atoms with Gasteiger partial charge in [-0.05, 0) is 142 Å². The molecule has 0 fully saturated rings. The Labute approximate surface area is 292 Å². The van der Waals surface area contributed by atoms with E-state index in [0.717, 1.165) is 32.1 Å². The van der Waals surface area contributed by atoms with E-state index >= 15 is 0 Å². The van der Waals surface area contributed by atoms with E-state index in [1.807, 2.05) is 12.4 Å². The summed E-state index contributed by atoms with van der Waals surface area (Å²) in [5.41, 5.74) is 16.8. The predicted octanol–water partition coefficient (Wildman–Crippen LogP) is 13.0. The first-order chi connectivity index (χ1) is 24.2. The molecule has 49 heavy (non-hydrogen) atoms. The highest BCUT2D eigenvalue weighted by Crippen LogP contribution is 2.55. The molecule has 4 aliphatic rings. The molecule has 0 spiro atoms. The van der Waals surface area contributed by atoms with Crippen molar-refractivity contribution in [2.45, 2.75) is 71.6 Å². The van der Waals surface area contributed by atoms with Crippen LogP contribution in [0.15, 0.2) is 138 Å². The van der Waals surface area contributed by atoms with E-state index < -0.39 is 0 Å². The molecular formula is C48H47N. The van der Waals surface area contributed by atoms with Crippen LogP contribution in [0.5, 0.6) is 0 Å². The largest absolute Gasteiger partial charge is 0.263 e. The van der Waals surface area contributed by atoms with Crippen LogP contribution >= 0.6 is 0 Å². The lowest BCUT2D eigenvalue weighted by molar-refractivity contribution is 0.481. The molecule has 1 heteroatoms. The summed E-state index contributed by atoms with van der Waals surface area (Å²) in [7, 11) is 0. The number of allylic oxidation sites excluding steroid dienone is 13. The highest BCUT2D eigenvalue weighted by Gasteiger charge is 2.39. The number of hydrogen-bond donors (Lipinski definition) is 0. The van der Waals surface area contributed by atoms with Gasteiger partial charge in [-0.25, -0.2) is 0 Å². The van der Waals surface area contributed by atoms with Gasteiger partial charge in [0.2, 0.25) is 0 Å². The Balaban J connectivity index is 1.26. The fraction of sp³-hybridized carbons (Fsp3) is 0.271. The number of benzene rings is 3. The number of rotatable bonds is 7. The van der Waals surface area contributed by atoms with Gasteiger partial charge in [0.1, 0.15) is 0 Å². The van der Waals surface area contributed by atoms with Crippen molar-refractivity contribution in [2.24, 2.45) is 11.8 Å². The minimum absolute atomic E-state index is 0.366. The van der Waals surface area contributed by atoms with E-state index in [0.29, 0.717) is 17.8 Å². The van der Waals surface area contributed by atoms with Gasteiger partial charge in [0.05, 0.1) is 0 Å². The summed E-state index contributed by atoms with van der Waals surface area (Å²) in [5.74, 6) is 1.49. The lowest BCUT2D eigenvalue weighted by atomic mass is 9.62. The van der Waals surface area contributed by atoms with Crippen molar-refractivity contribution in [2.75, 3.05) is 0 Å². The summed E-state index contributed by atoms with van der Waals surface area (Å²) in [6.45, 7) is 6.59. The standard InChI is InChI=1S/C48H47N/c1-4-7-14-33(6-3)37-29-38(31-49-30-37)39-19-12-21-41-40(39)20-13-22-42(41)48-45-17-10-8-15-43(45)47(44-16-9-11-18-46(44)48)36-26-25-34-27-32(5-2)23-24-35(34)28-36/h4,7-9,12-16,19-26,28-32,45,48H,5-6,10-11,17-18,27H2,1-3H3/b7-4-,33-14+. The van der Waals surface area contributed by atoms with E-state index in [2.05, 4.69) is 136 Å². The van der Waals surface area contributed by atoms with Crippen molar-refractivity contribution in [3.63, 3.8) is 0 Å². The van der Waals surface area contributed by atoms with Crippen LogP contribution in [0.4, 0.5) is 0 Å². The lowest BCUT2D eigenvalue weighted by Gasteiger charge is -2.41. The zero-order valence-electron chi connectivity index (χ0n) is 29.3. The van der Waals surface area contributed by atoms with Crippen molar-refractivity contribution in [3.8, 4) is 11.1 Å². The van der Waals surface area contributed by atoms with Crippen LogP contribution in [0.1, 0.15) is 93.0 Å². The molecule has 0 radical (unpaired) electrons. The number of hydrogen-bond acceptors (Lipinski definition) is 1. The second-order valence-corrected chi connectivity index (χ2v) is 14.2. The summed E-state index contributed by atoms with van der Waals surface area (Å²) < 4.78 is 0. The fourth-order valence-corrected chi connectivity index (χ4v) is 8.97. The van der Waals surface area contributed by atoms with Gasteiger partial charge in [0.15, 0.2) is 0 Å². The average Bonchev–Trinajstić information content (AvgIpc) is 3.16. The summed E-state index contributed by atoms with van der Waals surface area (Å²) >= 11 is 0. The van der Waals surface area contributed by atoms with E-state index in [1.165, 1.54) is 84.9 Å². The molecule has 244 valence electrons. The van der Waals surface area contributed by atoms with Gasteiger partial charge in [-0.3, -0.25) is 4.98 Å². The van der Waals surface area contributed by atoms with E-state index in [-0.39, 0.29) is 0 Å². The molecule has 4 aromatic rings. The zero-order chi connectivity index (χ0) is 33.3. The fourth-order valence-electron chi connectivity index (χ4n) is 8.97. The van der Waals surface area contributed by atoms with Crippen LogP contribution in [0.2, 0.25) is 0 Å². The molecule has 0 amide bonds. The predicted molar refractivity (Wildman–Crippen MR) is 210 cm³/mol. The van der Waals surface area contributed by atoms with Crippen LogP contribution in [0, 0.1) is 11.8 Å². The average molecular weight is 638 g/mol. The number of nitrogens with zero attached hydrogens (tertiary/aromatic N) is 1. The van der Waals surface area contributed by atoms with Crippen LogP contribution in [-0.4, -0.2) is 4.98 Å². The summed E-state index contributed by atoms with van der Waals surface area (Å²) in [4.78, 5) is 4.74. The maximum Gasteiger partial charge on any atom is 0.0347 e. The Hall–Kier alpha value is -4.75. The minimum atomic E-state index is 0.366. The molecule has 4 aliphatic carbocycles. The third kappa shape index (κ3) is 5.74. The number of fused-ring (bicyclic) bond motifs is 3. The topological polar surface area (TPSA) is 12.9 Å². The minimum Gasteiger partial charge on any atom is -0.263 e. The molecule has 1 heterocycles. The number of pyridine rings is 1. The van der Waals surface area contributed by atoms with Crippen molar-refractivity contribution >= 4 is 28.0 Å². The van der Waals surface area contributed by atoms with E-state index in [9.17, 15) is 0 Å². The van der Waals surface area contributed by atoms with Crippen molar-refractivity contribution in [1.29, 1.82) is 0 Å². The molecule has 3 unspecified atom stereocenters. The highest BCUT2D eigenvalue weighted by molar-refractivity contribution is 6.00. The first kappa shape index (κ1) is 31.5. The van der Waals surface area contributed by atoms with Crippen LogP contribution in [-0.2, 0) is 6.42 Å². The van der Waals surface area contributed by atoms with Crippen LogP contribution in [0.25, 0.3) is 39.1 Å². The van der Waals surface area contributed by atoms with Gasteiger partial charge in [0.25, 0.3) is 0 Å². The van der Waals surface area contributed by atoms with Crippen molar-refractivity contribution in [1.82, 2.24) is 4.98 Å². The number of aromatic nitrogens is 1. The first-order valence-corrected chi connectivity index (χ1v) is 18.6. The first-order valence-electron chi connectivity index (χ1n) is 18.6. The molecule has 3 atom stereocenters. The van der Waals surface area contributed by atoms with E-state index in [1.54, 1.807) is 5.57 Å². The molecule has 0 saturated carbocycles. The molecule has 3 aromatic carbocycles. The van der Waals surface area contributed by atoms with E-state index in [4.69, 9.17) is 4.98 Å². The molecule has 0 saturated heterocycles. The Morgan fingerprint density at radius 2 is 1.76 bits per heavy atom. The normalized spacial score (nSPS) is 21.8. The maximum absolute atomic E-state index is 4.74. The second-order valence-electron chi connectivity index (χ2n) is 14.2. The molecule has 1 nitrogen and oxygen atoms in total. The molecule has 0 N–H and O–H groups in total. The summed E-state index contributed by atoms with van der Waals surface area (Å²) in [6, 6.07) is 23.6. The SMILES string of the molecule is C/C=C\C=C(/CC)c1cncc(-c2cccc3c(C4C5=C(C=CCC5)C(c5ccc6c(c5)C=CC(CC)C6)=C5C=CCCC54)cccc23)c1. The highest BCUT2D eigenvalue weighted by atomic mass is 14.6. The van der Waals surface area contributed by atoms with Gasteiger partial charge in [0, 0.05) is 23.9 Å². The third-order valence-corrected chi connectivity index (χ3v) is 11.5. The van der Waals surface area contributed by atoms with Crippen molar-refractivity contribution < 1.29 is 0 Å². The Morgan fingerprint density at radius 1 is 0.878 bits per heavy atom. The van der Waals surface area contributed by atoms with Crippen molar-refractivity contribution in [3.05, 3.63) is 166 Å². The molecule has 8 rings (SSSR count). The second kappa shape index (κ2) is 13.6. The van der Waals surface area contributed by atoms with Gasteiger partial charge in [-0.2, -0.15) is 0 Å². The van der Waals surface area contributed by atoms with Gasteiger partial charge >= 0.3 is 0 Å². The monoisotopic (exact) mass is 637 g/mol. The van der Waals surface area contributed by atoms with Crippen LogP contribution in [0.3, 0.4) is 0 Å². The Bertz CT molecular complexity index is 2140. The lowest BCUT2D eigenvalue weighted by Crippen LogP contribution is -2.26. The molecule has 1 aromatic heterocycles. The summed E-state index contributed by atoms with van der Waals surface area (Å²) in [6.07, 6.45) is 32.9. The summed E-state index contributed by atoms with van der Waals surface area (Å²) in [5, 5.41) is 2.69. The van der Waals surface area contributed by atoms with Gasteiger partial charge < -0.3 is 0 Å². The molecule has 0 bridgehead atoms. The van der Waals surface area contributed by atoms with Gasteiger partial charge in [-0.1, -0.05) is 123 Å². The maximum atomic E-state index is 4.74. The molecule has 0 aliphatic heterocycles. The Morgan fingerprint density at radius 3 is 2.63 bits per heavy atom. The third-order valence-electron chi connectivity index (χ3n) is 11.5.